The Hall–Kier alpha value is -4.04. The zero-order valence-corrected chi connectivity index (χ0v) is 30.2. The van der Waals surface area contributed by atoms with Gasteiger partial charge in [0.25, 0.3) is 5.69 Å². The molecule has 0 spiro atoms. The second kappa shape index (κ2) is 18.5. The maximum Gasteiger partial charge on any atom is 0.269 e. The van der Waals surface area contributed by atoms with E-state index in [0.29, 0.717) is 23.5 Å². The van der Waals surface area contributed by atoms with E-state index < -0.39 is 4.92 Å². The highest BCUT2D eigenvalue weighted by molar-refractivity contribution is 5.70. The van der Waals surface area contributed by atoms with Gasteiger partial charge in [0.15, 0.2) is 0 Å². The number of benzene rings is 3. The summed E-state index contributed by atoms with van der Waals surface area (Å²) in [5.41, 5.74) is 4.56. The van der Waals surface area contributed by atoms with Gasteiger partial charge in [0, 0.05) is 35.5 Å². The maximum absolute atomic E-state index is 12.5. The van der Waals surface area contributed by atoms with Crippen molar-refractivity contribution in [3.05, 3.63) is 100 Å². The Kier molecular flexibility index (Phi) is 14.8. The van der Waals surface area contributed by atoms with Gasteiger partial charge in [0.1, 0.15) is 0 Å². The van der Waals surface area contributed by atoms with Crippen LogP contribution in [0.3, 0.4) is 0 Å². The van der Waals surface area contributed by atoms with Crippen molar-refractivity contribution in [2.45, 2.75) is 105 Å². The third-order valence-electron chi connectivity index (χ3n) is 9.57. The van der Waals surface area contributed by atoms with Crippen LogP contribution in [0, 0.1) is 10.1 Å². The summed E-state index contributed by atoms with van der Waals surface area (Å²) in [4.78, 5) is 12.4. The normalized spacial score (nSPS) is 13.8. The van der Waals surface area contributed by atoms with E-state index in [2.05, 4.69) is 69.3 Å². The molecule has 4 rings (SSSR count). The Morgan fingerprint density at radius 3 is 1.79 bits per heavy atom. The number of nitro groups is 1. The molecule has 8 nitrogen and oxygen atoms in total. The molecule has 0 fully saturated rings. The Morgan fingerprint density at radius 1 is 0.771 bits per heavy atom. The number of unbranched alkanes of at least 4 members (excludes halogenated alkanes) is 4. The highest BCUT2D eigenvalue weighted by Gasteiger charge is 2.38. The van der Waals surface area contributed by atoms with Gasteiger partial charge >= 0.3 is 0 Å². The first-order chi connectivity index (χ1) is 23.0. The van der Waals surface area contributed by atoms with Crippen LogP contribution in [-0.2, 0) is 12.0 Å². The molecule has 0 amide bonds. The summed E-state index contributed by atoms with van der Waals surface area (Å²) in [6.07, 6.45) is 11.1. The number of non-ortho nitro benzene ring substituents is 1. The third kappa shape index (κ3) is 10.2. The minimum atomic E-state index is -0.466. The minimum absolute atomic E-state index is 0.00834. The van der Waals surface area contributed by atoms with Gasteiger partial charge in [0.05, 0.1) is 42.5 Å². The average Bonchev–Trinajstić information content (AvgIpc) is 3.28. The van der Waals surface area contributed by atoms with E-state index in [1.165, 1.54) is 118 Å². The summed E-state index contributed by atoms with van der Waals surface area (Å²) in [6.45, 7) is 23.9. The molecule has 0 bridgehead atoms. The van der Waals surface area contributed by atoms with Gasteiger partial charge in [-0.3, -0.25) is 10.1 Å². The second-order valence-corrected chi connectivity index (χ2v) is 13.6. The van der Waals surface area contributed by atoms with Crippen LogP contribution in [0.5, 0.6) is 5.75 Å². The first-order valence-electron chi connectivity index (χ1n) is 17.9. The van der Waals surface area contributed by atoms with Crippen molar-refractivity contribution in [1.29, 1.82) is 0 Å². The van der Waals surface area contributed by atoms with Crippen LogP contribution in [0.15, 0.2) is 89.2 Å². The van der Waals surface area contributed by atoms with E-state index in [1.807, 2.05) is 18.2 Å². The van der Waals surface area contributed by atoms with E-state index in [9.17, 15) is 15.2 Å². The van der Waals surface area contributed by atoms with E-state index in [0.717, 1.165) is 11.4 Å². The lowest BCUT2D eigenvalue weighted by atomic mass is 9.84. The molecule has 0 saturated carbocycles. The number of azo groups is 1. The van der Waals surface area contributed by atoms with Crippen LogP contribution >= 0.6 is 0 Å². The average molecular weight is 656 g/mol. The molecule has 0 atom stereocenters. The lowest BCUT2D eigenvalue weighted by Gasteiger charge is -2.39. The predicted octanol–water partition coefficient (Wildman–Crippen LogP) is 10.9. The fourth-order valence-corrected chi connectivity index (χ4v) is 6.38. The first kappa shape index (κ1) is 38.4. The van der Waals surface area contributed by atoms with Crippen molar-refractivity contribution < 1.29 is 14.5 Å². The number of hydrogen-bond donors (Lipinski definition) is 0. The lowest BCUT2D eigenvalue weighted by molar-refractivity contribution is -0.929. The Bertz CT molecular complexity index is 1460. The summed E-state index contributed by atoms with van der Waals surface area (Å²) < 4.78 is 1.42. The molecule has 48 heavy (non-hydrogen) atoms. The van der Waals surface area contributed by atoms with E-state index >= 15 is 0 Å². The fraction of sp³-hybridized carbons (Fsp3) is 0.500. The topological polar surface area (TPSA) is 94.2 Å². The Morgan fingerprint density at radius 2 is 1.27 bits per heavy atom. The van der Waals surface area contributed by atoms with Gasteiger partial charge in [0.2, 0.25) is 0 Å². The summed E-state index contributed by atoms with van der Waals surface area (Å²) in [6, 6.07) is 18.7. The monoisotopic (exact) mass is 655 g/mol. The van der Waals surface area contributed by atoms with Crippen LogP contribution in [0.25, 0.3) is 0 Å². The van der Waals surface area contributed by atoms with Crippen LogP contribution < -0.4 is 10.0 Å². The largest absolute Gasteiger partial charge is 0.872 e. The Balaban J connectivity index is 0.000000315. The summed E-state index contributed by atoms with van der Waals surface area (Å²) in [7, 11) is 0. The van der Waals surface area contributed by atoms with Gasteiger partial charge in [-0.25, -0.2) is 0 Å². The van der Waals surface area contributed by atoms with Crippen molar-refractivity contribution >= 4 is 22.7 Å². The molecule has 1 aliphatic heterocycles. The second-order valence-electron chi connectivity index (χ2n) is 13.6. The molecule has 0 radical (unpaired) electrons. The molecule has 260 valence electrons. The summed E-state index contributed by atoms with van der Waals surface area (Å²) >= 11 is 0. The lowest BCUT2D eigenvalue weighted by Crippen LogP contribution is -2.50. The van der Waals surface area contributed by atoms with Crippen molar-refractivity contribution in [1.82, 2.24) is 0 Å². The highest BCUT2D eigenvalue weighted by Crippen LogP contribution is 2.47. The number of allylic oxidation sites excluding steroid dienone is 1. The SMILES string of the molecule is C=C1N(Cc2cc(N=Nc3ccc([N+](=O)[O-])cc3)ccc2[O-])c2ccccc2C1(C)C.CCCC[N+](CCCC)(CCCC)CCCC. The first-order valence-corrected chi connectivity index (χ1v) is 17.9. The zero-order chi connectivity index (χ0) is 35.2. The molecule has 0 aliphatic carbocycles. The van der Waals surface area contributed by atoms with Crippen molar-refractivity contribution in [2.24, 2.45) is 10.2 Å². The number of nitrogens with zero attached hydrogens (tertiary/aromatic N) is 5. The van der Waals surface area contributed by atoms with Gasteiger partial charge in [-0.15, -0.1) is 5.75 Å². The number of nitro benzene ring substituents is 1. The van der Waals surface area contributed by atoms with E-state index in [4.69, 9.17) is 0 Å². The van der Waals surface area contributed by atoms with Crippen molar-refractivity contribution in [2.75, 3.05) is 31.1 Å². The van der Waals surface area contributed by atoms with Crippen LogP contribution in [-0.4, -0.2) is 35.6 Å². The molecule has 1 heterocycles. The number of quaternary nitrogens is 1. The molecular formula is C40H57N5O3. The molecule has 3 aromatic carbocycles. The molecule has 0 aromatic heterocycles. The highest BCUT2D eigenvalue weighted by atomic mass is 16.6. The van der Waals surface area contributed by atoms with Gasteiger partial charge in [-0.05, 0) is 67.1 Å². The van der Waals surface area contributed by atoms with Crippen LogP contribution in [0.4, 0.5) is 22.7 Å². The molecule has 0 saturated heterocycles. The fourth-order valence-electron chi connectivity index (χ4n) is 6.38. The summed E-state index contributed by atoms with van der Waals surface area (Å²) in [5.74, 6) is -0.0794. The molecule has 0 N–H and O–H groups in total. The molecule has 0 unspecified atom stereocenters. The zero-order valence-electron chi connectivity index (χ0n) is 30.2. The molecular weight excluding hydrogens is 598 g/mol. The van der Waals surface area contributed by atoms with Crippen molar-refractivity contribution in [3.63, 3.8) is 0 Å². The van der Waals surface area contributed by atoms with Gasteiger partial charge < -0.3 is 14.5 Å². The van der Waals surface area contributed by atoms with Crippen LogP contribution in [0.2, 0.25) is 0 Å². The Labute approximate surface area is 289 Å². The maximum atomic E-state index is 12.5. The molecule has 8 heteroatoms. The quantitative estimate of drug-likeness (QED) is 0.0626. The number of fused-ring (bicyclic) bond motifs is 1. The van der Waals surface area contributed by atoms with Crippen molar-refractivity contribution in [3.8, 4) is 5.75 Å². The predicted molar refractivity (Wildman–Crippen MR) is 197 cm³/mol. The summed E-state index contributed by atoms with van der Waals surface area (Å²) in [5, 5.41) is 31.6. The number of hydrogen-bond acceptors (Lipinski definition) is 6. The van der Waals surface area contributed by atoms with E-state index in [-0.39, 0.29) is 16.9 Å². The smallest absolute Gasteiger partial charge is 0.269 e. The number of anilines is 1. The van der Waals surface area contributed by atoms with E-state index in [1.54, 1.807) is 12.1 Å². The molecule has 1 aliphatic rings. The van der Waals surface area contributed by atoms with Crippen LogP contribution in [0.1, 0.15) is 104 Å². The van der Waals surface area contributed by atoms with Gasteiger partial charge in [-0.1, -0.05) is 98.1 Å². The molecule has 3 aromatic rings. The number of rotatable bonds is 17. The minimum Gasteiger partial charge on any atom is -0.872 e. The third-order valence-corrected chi connectivity index (χ3v) is 9.57. The standard InChI is InChI=1S/C24H22N4O3.C16H36N/c1-16-24(2,3)21-6-4-5-7-22(21)27(16)15-17-14-19(10-13-23(17)29)26-25-18-8-11-20(12-9-18)28(30)31;1-5-9-13-17(14-10-6-2,15-11-7-3)16-12-8-4/h4-14,29H,1,15H2,2-3H3;5-16H2,1-4H3/q;+1/p-1. The number of para-hydroxylation sites is 1. The van der Waals surface area contributed by atoms with Gasteiger partial charge in [-0.2, -0.15) is 10.2 Å².